The van der Waals surface area contributed by atoms with Gasteiger partial charge in [0.1, 0.15) is 19.3 Å². The molecule has 1 unspecified atom stereocenters. The van der Waals surface area contributed by atoms with Crippen molar-refractivity contribution in [2.75, 3.05) is 33.0 Å². The molecule has 12 heteroatoms. The van der Waals surface area contributed by atoms with Crippen LogP contribution in [0.2, 0.25) is 0 Å². The highest BCUT2D eigenvalue weighted by Crippen LogP contribution is 2.48. The lowest BCUT2D eigenvalue weighted by Crippen LogP contribution is -2.59. The molecule has 0 saturated heterocycles. The number of hydrogen-bond donors (Lipinski definition) is 1. The lowest BCUT2D eigenvalue weighted by Gasteiger charge is -2.32. The molecule has 1 atom stereocenters. The van der Waals surface area contributed by atoms with Crippen LogP contribution < -0.4 is 0 Å². The number of hydrogen-bond acceptors (Lipinski definition) is 4. The molecule has 0 bridgehead atoms. The summed E-state index contributed by atoms with van der Waals surface area (Å²) in [5.41, 5.74) is 0. The van der Waals surface area contributed by atoms with Crippen molar-refractivity contribution in [3.63, 3.8) is 0 Å². The van der Waals surface area contributed by atoms with Crippen LogP contribution in [0.15, 0.2) is 12.8 Å². The SMILES string of the molecule is C=COCCOCC(O)COCC(F)(F)C(F)(F)C(F)(F)C(F)F. The smallest absolute Gasteiger partial charge is 0.380 e. The van der Waals surface area contributed by atoms with Crippen molar-refractivity contribution in [2.45, 2.75) is 30.3 Å². The van der Waals surface area contributed by atoms with Crippen molar-refractivity contribution in [3.05, 3.63) is 12.8 Å². The second kappa shape index (κ2) is 9.37. The fourth-order valence-corrected chi connectivity index (χ4v) is 1.25. The van der Waals surface area contributed by atoms with E-state index in [0.29, 0.717) is 0 Å². The number of ether oxygens (including phenoxy) is 3. The Morgan fingerprint density at radius 3 is 2.00 bits per heavy atom. The molecular formula is C12H16F8O4. The van der Waals surface area contributed by atoms with Gasteiger partial charge in [-0.2, -0.15) is 26.3 Å². The van der Waals surface area contributed by atoms with E-state index in [2.05, 4.69) is 16.1 Å². The van der Waals surface area contributed by atoms with Crippen LogP contribution >= 0.6 is 0 Å². The van der Waals surface area contributed by atoms with Crippen LogP contribution in [-0.2, 0) is 14.2 Å². The van der Waals surface area contributed by atoms with Gasteiger partial charge in [-0.15, -0.1) is 0 Å². The number of alkyl halides is 8. The maximum Gasteiger partial charge on any atom is 0.380 e. The van der Waals surface area contributed by atoms with Crippen molar-refractivity contribution in [1.29, 1.82) is 0 Å². The van der Waals surface area contributed by atoms with Gasteiger partial charge in [0.15, 0.2) is 0 Å². The molecule has 0 fully saturated rings. The van der Waals surface area contributed by atoms with Crippen LogP contribution in [0.3, 0.4) is 0 Å². The third kappa shape index (κ3) is 6.06. The number of aliphatic hydroxyl groups excluding tert-OH is 1. The summed E-state index contributed by atoms with van der Waals surface area (Å²) in [5.74, 6) is -18.2. The minimum Gasteiger partial charge on any atom is -0.499 e. The molecule has 0 heterocycles. The standard InChI is InChI=1S/C12H16F8O4/c1-2-22-3-4-23-5-8(21)6-24-7-10(15,16)12(19,20)11(17,18)9(13)14/h2,8-9,21H,1,3-7H2. The second-order valence-electron chi connectivity index (χ2n) is 4.48. The first-order valence-electron chi connectivity index (χ1n) is 6.37. The Kier molecular flexibility index (Phi) is 8.93. The van der Waals surface area contributed by atoms with Gasteiger partial charge >= 0.3 is 24.2 Å². The summed E-state index contributed by atoms with van der Waals surface area (Å²) in [6.45, 7) is -0.423. The number of halogens is 8. The fourth-order valence-electron chi connectivity index (χ4n) is 1.25. The molecule has 0 rings (SSSR count). The third-order valence-electron chi connectivity index (χ3n) is 2.52. The Labute approximate surface area is 132 Å². The molecule has 1 N–H and O–H groups in total. The van der Waals surface area contributed by atoms with Crippen molar-refractivity contribution in [1.82, 2.24) is 0 Å². The van der Waals surface area contributed by atoms with E-state index in [1.807, 2.05) is 0 Å². The summed E-state index contributed by atoms with van der Waals surface area (Å²) in [4.78, 5) is 0. The van der Waals surface area contributed by atoms with Crippen LogP contribution in [0.1, 0.15) is 0 Å². The molecule has 0 aliphatic carbocycles. The van der Waals surface area contributed by atoms with Gasteiger partial charge in [0.2, 0.25) is 0 Å². The van der Waals surface area contributed by atoms with Crippen molar-refractivity contribution in [3.8, 4) is 0 Å². The number of rotatable bonds is 13. The fraction of sp³-hybridized carbons (Fsp3) is 0.833. The van der Waals surface area contributed by atoms with Crippen molar-refractivity contribution < 1.29 is 54.4 Å². The average molecular weight is 376 g/mol. The predicted octanol–water partition coefficient (Wildman–Crippen LogP) is 2.71. The quantitative estimate of drug-likeness (QED) is 0.305. The van der Waals surface area contributed by atoms with Gasteiger partial charge in [-0.3, -0.25) is 0 Å². The summed E-state index contributed by atoms with van der Waals surface area (Å²) in [5, 5.41) is 9.24. The van der Waals surface area contributed by atoms with E-state index in [0.717, 1.165) is 6.26 Å². The Morgan fingerprint density at radius 1 is 0.958 bits per heavy atom. The average Bonchev–Trinajstić information content (AvgIpc) is 2.46. The molecule has 144 valence electrons. The summed E-state index contributed by atoms with van der Waals surface area (Å²) in [7, 11) is 0. The third-order valence-corrected chi connectivity index (χ3v) is 2.52. The molecule has 0 spiro atoms. The van der Waals surface area contributed by atoms with Crippen molar-refractivity contribution in [2.24, 2.45) is 0 Å². The minimum atomic E-state index is -6.34. The van der Waals surface area contributed by atoms with Crippen LogP contribution in [0.25, 0.3) is 0 Å². The Bertz CT molecular complexity index is 378. The monoisotopic (exact) mass is 376 g/mol. The van der Waals surface area contributed by atoms with Gasteiger partial charge in [0.25, 0.3) is 0 Å². The van der Waals surface area contributed by atoms with E-state index in [4.69, 9.17) is 4.74 Å². The van der Waals surface area contributed by atoms with Gasteiger partial charge < -0.3 is 19.3 Å². The first kappa shape index (κ1) is 22.9. The summed E-state index contributed by atoms with van der Waals surface area (Å²) < 4.78 is 114. The summed E-state index contributed by atoms with van der Waals surface area (Å²) >= 11 is 0. The zero-order valence-electron chi connectivity index (χ0n) is 12.2. The molecule has 0 aromatic rings. The Balaban J connectivity index is 4.35. The van der Waals surface area contributed by atoms with E-state index >= 15 is 0 Å². The molecular weight excluding hydrogens is 360 g/mol. The molecule has 0 aliphatic heterocycles. The molecule has 0 aromatic heterocycles. The highest BCUT2D eigenvalue weighted by atomic mass is 19.4. The predicted molar refractivity (Wildman–Crippen MR) is 64.6 cm³/mol. The van der Waals surface area contributed by atoms with E-state index in [-0.39, 0.29) is 13.2 Å². The molecule has 24 heavy (non-hydrogen) atoms. The van der Waals surface area contributed by atoms with Gasteiger partial charge in [-0.05, 0) is 0 Å². The van der Waals surface area contributed by atoms with Gasteiger partial charge in [-0.25, -0.2) is 8.78 Å². The van der Waals surface area contributed by atoms with Crippen LogP contribution in [0.5, 0.6) is 0 Å². The maximum atomic E-state index is 13.1. The Morgan fingerprint density at radius 2 is 1.50 bits per heavy atom. The van der Waals surface area contributed by atoms with Gasteiger partial charge in [0, 0.05) is 0 Å². The van der Waals surface area contributed by atoms with Crippen LogP contribution in [0, 0.1) is 0 Å². The Hall–Kier alpha value is -1.14. The first-order chi connectivity index (χ1) is 10.9. The summed E-state index contributed by atoms with van der Waals surface area (Å²) in [6, 6.07) is 0. The second-order valence-corrected chi connectivity index (χ2v) is 4.48. The topological polar surface area (TPSA) is 47.9 Å². The highest BCUT2D eigenvalue weighted by molar-refractivity contribution is 4.97. The lowest BCUT2D eigenvalue weighted by atomic mass is 10.1. The molecule has 0 saturated carbocycles. The normalized spacial score (nSPS) is 14.8. The zero-order chi connectivity index (χ0) is 19.0. The highest BCUT2D eigenvalue weighted by Gasteiger charge is 2.75. The lowest BCUT2D eigenvalue weighted by molar-refractivity contribution is -0.346. The van der Waals surface area contributed by atoms with Crippen LogP contribution in [0.4, 0.5) is 35.1 Å². The largest absolute Gasteiger partial charge is 0.499 e. The van der Waals surface area contributed by atoms with Gasteiger partial charge in [0.05, 0.1) is 26.1 Å². The zero-order valence-corrected chi connectivity index (χ0v) is 12.2. The molecule has 4 nitrogen and oxygen atoms in total. The minimum absolute atomic E-state index is 0.0160. The van der Waals surface area contributed by atoms with E-state index in [1.165, 1.54) is 0 Å². The molecule has 0 radical (unpaired) electrons. The molecule has 0 aromatic carbocycles. The van der Waals surface area contributed by atoms with E-state index in [1.54, 1.807) is 0 Å². The van der Waals surface area contributed by atoms with Crippen LogP contribution in [-0.4, -0.2) is 68.4 Å². The van der Waals surface area contributed by atoms with E-state index < -0.39 is 50.1 Å². The summed E-state index contributed by atoms with van der Waals surface area (Å²) in [6.07, 6.45) is -5.41. The van der Waals surface area contributed by atoms with Gasteiger partial charge in [-0.1, -0.05) is 6.58 Å². The van der Waals surface area contributed by atoms with Crippen molar-refractivity contribution >= 4 is 0 Å². The van der Waals surface area contributed by atoms with E-state index in [9.17, 15) is 40.2 Å². The first-order valence-corrected chi connectivity index (χ1v) is 6.37. The molecule has 0 aliphatic rings. The molecule has 0 amide bonds. The maximum absolute atomic E-state index is 13.1. The number of aliphatic hydroxyl groups is 1.